The van der Waals surface area contributed by atoms with Crippen molar-refractivity contribution in [2.45, 2.75) is 6.92 Å². The summed E-state index contributed by atoms with van der Waals surface area (Å²) < 4.78 is 5.34. The number of nitrogens with one attached hydrogen (secondary N) is 2. The molecule has 2 amide bonds. The van der Waals surface area contributed by atoms with Crippen LogP contribution >= 0.6 is 0 Å². The summed E-state index contributed by atoms with van der Waals surface area (Å²) in [5.41, 5.74) is 7.76. The van der Waals surface area contributed by atoms with Crippen LogP contribution in [0.3, 0.4) is 0 Å². The summed E-state index contributed by atoms with van der Waals surface area (Å²) in [7, 11) is 0. The van der Waals surface area contributed by atoms with E-state index in [-0.39, 0.29) is 17.2 Å². The van der Waals surface area contributed by atoms with Gasteiger partial charge < -0.3 is 20.5 Å². The van der Waals surface area contributed by atoms with Gasteiger partial charge >= 0.3 is 0 Å². The number of amides is 2. The molecule has 1 aromatic carbocycles. The minimum absolute atomic E-state index is 0.246. The van der Waals surface area contributed by atoms with Gasteiger partial charge in [-0.15, -0.1) is 0 Å². The van der Waals surface area contributed by atoms with Crippen LogP contribution in [0.15, 0.2) is 47.2 Å². The highest BCUT2D eigenvalue weighted by atomic mass is 16.3. The quantitative estimate of drug-likeness (QED) is 0.686. The number of aromatic amines is 1. The van der Waals surface area contributed by atoms with Gasteiger partial charge in [0.15, 0.2) is 0 Å². The van der Waals surface area contributed by atoms with Crippen LogP contribution in [0, 0.1) is 6.92 Å². The van der Waals surface area contributed by atoms with E-state index in [0.29, 0.717) is 11.6 Å². The number of benzene rings is 1. The minimum atomic E-state index is -0.596. The van der Waals surface area contributed by atoms with Crippen LogP contribution in [0.4, 0.5) is 5.69 Å². The Morgan fingerprint density at radius 1 is 1.30 bits per heavy atom. The second kappa shape index (κ2) is 5.80. The van der Waals surface area contributed by atoms with E-state index in [1.807, 2.05) is 13.0 Å². The first-order chi connectivity index (χ1) is 11.0. The maximum Gasteiger partial charge on any atom is 0.272 e. The molecule has 0 fully saturated rings. The Morgan fingerprint density at radius 3 is 2.78 bits per heavy atom. The lowest BCUT2D eigenvalue weighted by Gasteiger charge is -2.05. The molecule has 2 heterocycles. The lowest BCUT2D eigenvalue weighted by Crippen LogP contribution is -2.13. The highest BCUT2D eigenvalue weighted by Crippen LogP contribution is 2.22. The minimum Gasteiger partial charge on any atom is -0.444 e. The highest BCUT2D eigenvalue weighted by molar-refractivity contribution is 6.05. The molecule has 0 saturated heterocycles. The van der Waals surface area contributed by atoms with Gasteiger partial charge in [0, 0.05) is 17.4 Å². The molecule has 23 heavy (non-hydrogen) atoms. The smallest absolute Gasteiger partial charge is 0.272 e. The summed E-state index contributed by atoms with van der Waals surface area (Å²) in [4.78, 5) is 30.2. The van der Waals surface area contributed by atoms with E-state index >= 15 is 0 Å². The van der Waals surface area contributed by atoms with Gasteiger partial charge in [-0.1, -0.05) is 6.07 Å². The van der Waals surface area contributed by atoms with Gasteiger partial charge in [0.2, 0.25) is 11.8 Å². The maximum absolute atomic E-state index is 12.2. The Balaban J connectivity index is 1.79. The third-order valence-corrected chi connectivity index (χ3v) is 3.20. The van der Waals surface area contributed by atoms with Crippen molar-refractivity contribution >= 4 is 17.5 Å². The van der Waals surface area contributed by atoms with E-state index in [1.54, 1.807) is 24.5 Å². The number of nitrogens with zero attached hydrogens (tertiary/aromatic N) is 1. The third kappa shape index (κ3) is 3.13. The average molecular weight is 310 g/mol. The van der Waals surface area contributed by atoms with Crippen LogP contribution in [0.1, 0.15) is 26.5 Å². The van der Waals surface area contributed by atoms with E-state index in [0.717, 1.165) is 11.3 Å². The highest BCUT2D eigenvalue weighted by Gasteiger charge is 2.12. The van der Waals surface area contributed by atoms with E-state index in [1.165, 1.54) is 12.3 Å². The third-order valence-electron chi connectivity index (χ3n) is 3.20. The van der Waals surface area contributed by atoms with Gasteiger partial charge in [-0.3, -0.25) is 9.59 Å². The Morgan fingerprint density at radius 2 is 2.13 bits per heavy atom. The lowest BCUT2D eigenvalue weighted by molar-refractivity contribution is 0.0999. The molecule has 0 spiro atoms. The van der Waals surface area contributed by atoms with E-state index in [4.69, 9.17) is 10.2 Å². The number of hydrogen-bond donors (Lipinski definition) is 3. The number of carbonyl (C=O) groups is 2. The number of rotatable bonds is 4. The van der Waals surface area contributed by atoms with Crippen LogP contribution < -0.4 is 11.1 Å². The van der Waals surface area contributed by atoms with Crippen LogP contribution in [-0.2, 0) is 0 Å². The normalized spacial score (nSPS) is 10.5. The first-order valence-corrected chi connectivity index (χ1v) is 6.85. The summed E-state index contributed by atoms with van der Waals surface area (Å²) >= 11 is 0. The Bertz CT molecular complexity index is 879. The predicted octanol–water partition coefficient (Wildman–Crippen LogP) is 2.33. The molecule has 0 aliphatic carbocycles. The van der Waals surface area contributed by atoms with Gasteiger partial charge in [0.05, 0.1) is 11.3 Å². The fourth-order valence-electron chi connectivity index (χ4n) is 2.08. The van der Waals surface area contributed by atoms with Crippen molar-refractivity contribution in [2.24, 2.45) is 5.73 Å². The van der Waals surface area contributed by atoms with Crippen LogP contribution in [0.2, 0.25) is 0 Å². The number of anilines is 1. The molecule has 3 rings (SSSR count). The molecule has 0 radical (unpaired) electrons. The zero-order valence-corrected chi connectivity index (χ0v) is 12.3. The first kappa shape index (κ1) is 14.6. The zero-order chi connectivity index (χ0) is 16.4. The van der Waals surface area contributed by atoms with Crippen molar-refractivity contribution in [3.8, 4) is 11.5 Å². The Kier molecular flexibility index (Phi) is 3.68. The molecule has 0 saturated carbocycles. The van der Waals surface area contributed by atoms with Gasteiger partial charge in [-0.25, -0.2) is 4.98 Å². The van der Waals surface area contributed by atoms with E-state index in [2.05, 4.69) is 15.3 Å². The number of hydrogen-bond acceptors (Lipinski definition) is 4. The standard InChI is InChI=1S/C16H14N4O3/c1-9-8-23-16(19-9)10-3-2-4-12(5-10)20-15(22)13-6-11(7-18-13)14(17)21/h2-8,18H,1H3,(H2,17,21)(H,20,22). The number of nitrogens with two attached hydrogens (primary N) is 1. The van der Waals surface area contributed by atoms with E-state index in [9.17, 15) is 9.59 Å². The van der Waals surface area contributed by atoms with Gasteiger partial charge in [-0.05, 0) is 31.2 Å². The van der Waals surface area contributed by atoms with Crippen LogP contribution in [0.5, 0.6) is 0 Å². The van der Waals surface area contributed by atoms with Crippen molar-refractivity contribution in [2.75, 3.05) is 5.32 Å². The van der Waals surface area contributed by atoms with E-state index < -0.39 is 5.91 Å². The Hall–Kier alpha value is -3.35. The van der Waals surface area contributed by atoms with Crippen molar-refractivity contribution in [3.63, 3.8) is 0 Å². The van der Waals surface area contributed by atoms with Crippen molar-refractivity contribution < 1.29 is 14.0 Å². The summed E-state index contributed by atoms with van der Waals surface area (Å²) in [6.45, 7) is 1.83. The molecular weight excluding hydrogens is 296 g/mol. The number of carbonyl (C=O) groups excluding carboxylic acids is 2. The fraction of sp³-hybridized carbons (Fsp3) is 0.0625. The van der Waals surface area contributed by atoms with Gasteiger partial charge in [-0.2, -0.15) is 0 Å². The molecule has 116 valence electrons. The molecule has 0 aliphatic heterocycles. The fourth-order valence-corrected chi connectivity index (χ4v) is 2.08. The zero-order valence-electron chi connectivity index (χ0n) is 12.3. The van der Waals surface area contributed by atoms with Gasteiger partial charge in [0.25, 0.3) is 5.91 Å². The van der Waals surface area contributed by atoms with Crippen molar-refractivity contribution in [1.29, 1.82) is 0 Å². The lowest BCUT2D eigenvalue weighted by atomic mass is 10.2. The molecule has 2 aromatic heterocycles. The molecule has 0 atom stereocenters. The second-order valence-electron chi connectivity index (χ2n) is 5.00. The van der Waals surface area contributed by atoms with Gasteiger partial charge in [0.1, 0.15) is 12.0 Å². The average Bonchev–Trinajstić information content (AvgIpc) is 3.16. The monoisotopic (exact) mass is 310 g/mol. The predicted molar refractivity (Wildman–Crippen MR) is 83.9 cm³/mol. The summed E-state index contributed by atoms with van der Waals surface area (Å²) in [6, 6.07) is 8.52. The SMILES string of the molecule is Cc1coc(-c2cccc(NC(=O)c3cc(C(N)=O)c[nH]3)c2)n1. The molecule has 4 N–H and O–H groups in total. The number of aryl methyl sites for hydroxylation is 1. The molecule has 7 nitrogen and oxygen atoms in total. The molecule has 0 aliphatic rings. The van der Waals surface area contributed by atoms with Crippen LogP contribution in [0.25, 0.3) is 11.5 Å². The summed E-state index contributed by atoms with van der Waals surface area (Å²) in [5.74, 6) is -0.491. The largest absolute Gasteiger partial charge is 0.444 e. The second-order valence-corrected chi connectivity index (χ2v) is 5.00. The topological polar surface area (TPSA) is 114 Å². The van der Waals surface area contributed by atoms with Crippen LogP contribution in [-0.4, -0.2) is 21.8 Å². The first-order valence-electron chi connectivity index (χ1n) is 6.85. The molecule has 7 heteroatoms. The number of oxazole rings is 1. The number of primary amides is 1. The summed E-state index contributed by atoms with van der Waals surface area (Å²) in [6.07, 6.45) is 2.95. The molecular formula is C16H14N4O3. The van der Waals surface area contributed by atoms with Crippen molar-refractivity contribution in [3.05, 3.63) is 59.7 Å². The maximum atomic E-state index is 12.2. The number of aromatic nitrogens is 2. The summed E-state index contributed by atoms with van der Waals surface area (Å²) in [5, 5.41) is 2.74. The Labute approximate surface area is 131 Å². The number of H-pyrrole nitrogens is 1. The molecule has 3 aromatic rings. The van der Waals surface area contributed by atoms with Crippen molar-refractivity contribution in [1.82, 2.24) is 9.97 Å². The molecule has 0 bridgehead atoms. The molecule has 0 unspecified atom stereocenters.